The van der Waals surface area contributed by atoms with Crippen molar-refractivity contribution in [1.82, 2.24) is 9.85 Å². The van der Waals surface area contributed by atoms with Gasteiger partial charge in [-0.3, -0.25) is 9.63 Å². The number of nitrogens with zero attached hydrogens (tertiary/aromatic N) is 1. The molecule has 0 fully saturated rings. The average molecular weight is 207 g/mol. The first kappa shape index (κ1) is 9.44. The largest absolute Gasteiger partial charge is 0.278 e. The number of rotatable bonds is 3. The number of amides is 1. The lowest BCUT2D eigenvalue weighted by atomic mass is 10.4. The van der Waals surface area contributed by atoms with E-state index in [4.69, 9.17) is 16.4 Å². The highest BCUT2D eigenvalue weighted by atomic mass is 35.5. The first-order chi connectivity index (χ1) is 5.75. The minimum atomic E-state index is -0.365. The van der Waals surface area contributed by atoms with Crippen molar-refractivity contribution in [1.29, 1.82) is 0 Å². The minimum Gasteiger partial charge on any atom is -0.274 e. The van der Waals surface area contributed by atoms with Gasteiger partial charge in [-0.15, -0.1) is 0 Å². The van der Waals surface area contributed by atoms with E-state index in [2.05, 4.69) is 9.85 Å². The number of carbonyl (C=O) groups excluding carboxylic acids is 1. The van der Waals surface area contributed by atoms with Crippen LogP contribution in [0.1, 0.15) is 17.3 Å². The summed E-state index contributed by atoms with van der Waals surface area (Å²) in [4.78, 5) is 15.8. The number of hydroxylamine groups is 1. The molecule has 1 amide bonds. The van der Waals surface area contributed by atoms with Crippen LogP contribution in [-0.4, -0.2) is 16.9 Å². The zero-order chi connectivity index (χ0) is 8.97. The van der Waals surface area contributed by atoms with Gasteiger partial charge in [-0.1, -0.05) is 11.6 Å². The van der Waals surface area contributed by atoms with Crippen LogP contribution in [0.2, 0.25) is 5.15 Å². The van der Waals surface area contributed by atoms with Gasteiger partial charge in [0, 0.05) is 5.38 Å². The van der Waals surface area contributed by atoms with E-state index in [1.807, 2.05) is 0 Å². The molecule has 1 heterocycles. The Morgan fingerprint density at radius 1 is 1.92 bits per heavy atom. The number of halogens is 1. The second-order valence-electron chi connectivity index (χ2n) is 1.88. The lowest BCUT2D eigenvalue weighted by Crippen LogP contribution is -2.23. The summed E-state index contributed by atoms with van der Waals surface area (Å²) in [6.45, 7) is 2.19. The molecular weight excluding hydrogens is 200 g/mol. The van der Waals surface area contributed by atoms with Gasteiger partial charge in [-0.05, 0) is 18.5 Å². The molecule has 1 rings (SSSR count). The van der Waals surface area contributed by atoms with Gasteiger partial charge in [0.15, 0.2) is 5.15 Å². The Morgan fingerprint density at radius 2 is 2.67 bits per heavy atom. The highest BCUT2D eigenvalue weighted by Crippen LogP contribution is 2.15. The van der Waals surface area contributed by atoms with Gasteiger partial charge in [0.1, 0.15) is 0 Å². The summed E-state index contributed by atoms with van der Waals surface area (Å²) in [5.74, 6) is -0.365. The maximum absolute atomic E-state index is 11.1. The summed E-state index contributed by atoms with van der Waals surface area (Å²) in [6.07, 6.45) is 0. The molecule has 0 saturated heterocycles. The van der Waals surface area contributed by atoms with Crippen molar-refractivity contribution in [3.05, 3.63) is 16.1 Å². The molecule has 1 aromatic rings. The Morgan fingerprint density at radius 3 is 3.17 bits per heavy atom. The second kappa shape index (κ2) is 4.39. The van der Waals surface area contributed by atoms with Gasteiger partial charge in [0.05, 0.1) is 12.2 Å². The van der Waals surface area contributed by atoms with E-state index >= 15 is 0 Å². The zero-order valence-corrected chi connectivity index (χ0v) is 7.91. The smallest absolute Gasteiger partial charge is 0.274 e. The lowest BCUT2D eigenvalue weighted by molar-refractivity contribution is 0.0365. The molecule has 0 bridgehead atoms. The Hall–Kier alpha value is -0.650. The van der Waals surface area contributed by atoms with Gasteiger partial charge in [-0.2, -0.15) is 4.37 Å². The maximum Gasteiger partial charge on any atom is 0.278 e. The normalized spacial score (nSPS) is 9.83. The molecular formula is C6H7ClN2O2S. The Balaban J connectivity index is 2.59. The predicted molar refractivity (Wildman–Crippen MR) is 46.2 cm³/mol. The van der Waals surface area contributed by atoms with Crippen molar-refractivity contribution in [2.24, 2.45) is 0 Å². The van der Waals surface area contributed by atoms with E-state index in [1.54, 1.807) is 12.3 Å². The monoisotopic (exact) mass is 206 g/mol. The fourth-order valence-corrected chi connectivity index (χ4v) is 1.46. The van der Waals surface area contributed by atoms with E-state index in [0.717, 1.165) is 11.5 Å². The summed E-state index contributed by atoms with van der Waals surface area (Å²) in [5, 5.41) is 1.77. The Labute approximate surface area is 78.6 Å². The summed E-state index contributed by atoms with van der Waals surface area (Å²) in [5.41, 5.74) is 2.56. The number of hydrogen-bond donors (Lipinski definition) is 1. The van der Waals surface area contributed by atoms with Crippen molar-refractivity contribution in [3.8, 4) is 0 Å². The first-order valence-corrected chi connectivity index (χ1v) is 4.49. The third-order valence-corrected chi connectivity index (χ3v) is 2.10. The van der Waals surface area contributed by atoms with Crippen molar-refractivity contribution >= 4 is 29.0 Å². The van der Waals surface area contributed by atoms with Gasteiger partial charge >= 0.3 is 0 Å². The van der Waals surface area contributed by atoms with Crippen molar-refractivity contribution < 1.29 is 9.63 Å². The minimum absolute atomic E-state index is 0.206. The molecule has 12 heavy (non-hydrogen) atoms. The summed E-state index contributed by atoms with van der Waals surface area (Å²) in [6, 6.07) is 0. The molecule has 0 aliphatic heterocycles. The molecule has 0 aliphatic rings. The lowest BCUT2D eigenvalue weighted by Gasteiger charge is -2.00. The number of nitrogens with one attached hydrogen (secondary N) is 1. The molecule has 0 spiro atoms. The van der Waals surface area contributed by atoms with Crippen LogP contribution < -0.4 is 5.48 Å². The molecule has 6 heteroatoms. The number of aromatic nitrogens is 1. The van der Waals surface area contributed by atoms with E-state index in [-0.39, 0.29) is 11.1 Å². The van der Waals surface area contributed by atoms with Crippen molar-refractivity contribution in [3.63, 3.8) is 0 Å². The molecule has 4 nitrogen and oxygen atoms in total. The quantitative estimate of drug-likeness (QED) is 0.763. The fraction of sp³-hybridized carbons (Fsp3) is 0.333. The summed E-state index contributed by atoms with van der Waals surface area (Å²) < 4.78 is 3.74. The van der Waals surface area contributed by atoms with Crippen LogP contribution >= 0.6 is 23.1 Å². The van der Waals surface area contributed by atoms with Crippen LogP contribution in [0.15, 0.2) is 5.38 Å². The van der Waals surface area contributed by atoms with E-state index < -0.39 is 0 Å². The van der Waals surface area contributed by atoms with E-state index in [0.29, 0.717) is 12.2 Å². The fourth-order valence-electron chi connectivity index (χ4n) is 0.563. The third kappa shape index (κ3) is 2.17. The maximum atomic E-state index is 11.1. The van der Waals surface area contributed by atoms with Crippen LogP contribution in [0.25, 0.3) is 0 Å². The van der Waals surface area contributed by atoms with Crippen molar-refractivity contribution in [2.75, 3.05) is 6.61 Å². The van der Waals surface area contributed by atoms with Crippen LogP contribution in [0, 0.1) is 0 Å². The Bertz CT molecular complexity index is 276. The molecule has 0 radical (unpaired) electrons. The van der Waals surface area contributed by atoms with Gasteiger partial charge in [0.2, 0.25) is 0 Å². The highest BCUT2D eigenvalue weighted by Gasteiger charge is 2.11. The number of hydrogen-bond acceptors (Lipinski definition) is 4. The average Bonchev–Trinajstić information content (AvgIpc) is 2.47. The molecule has 0 saturated carbocycles. The standard InChI is InChI=1S/C6H7ClN2O2S/c1-2-11-8-6(10)4-3-12-9-5(4)7/h3H,2H2,1H3,(H,8,10). The van der Waals surface area contributed by atoms with E-state index in [9.17, 15) is 4.79 Å². The SMILES string of the molecule is CCONC(=O)c1csnc1Cl. The Kier molecular flexibility index (Phi) is 3.46. The third-order valence-electron chi connectivity index (χ3n) is 1.08. The van der Waals surface area contributed by atoms with E-state index in [1.165, 1.54) is 0 Å². The van der Waals surface area contributed by atoms with Crippen LogP contribution in [0.4, 0.5) is 0 Å². The van der Waals surface area contributed by atoms with Gasteiger partial charge < -0.3 is 0 Å². The van der Waals surface area contributed by atoms with Crippen LogP contribution in [-0.2, 0) is 4.84 Å². The predicted octanol–water partition coefficient (Wildman–Crippen LogP) is 1.48. The molecule has 1 aromatic heterocycles. The summed E-state index contributed by atoms with van der Waals surface area (Å²) in [7, 11) is 0. The topological polar surface area (TPSA) is 51.2 Å². The molecule has 0 unspecified atom stereocenters. The van der Waals surface area contributed by atoms with Gasteiger partial charge in [0.25, 0.3) is 5.91 Å². The van der Waals surface area contributed by atoms with Gasteiger partial charge in [-0.25, -0.2) is 5.48 Å². The molecule has 0 aliphatic carbocycles. The number of carbonyl (C=O) groups is 1. The van der Waals surface area contributed by atoms with Crippen molar-refractivity contribution in [2.45, 2.75) is 6.92 Å². The highest BCUT2D eigenvalue weighted by molar-refractivity contribution is 7.04. The molecule has 1 N–H and O–H groups in total. The summed E-state index contributed by atoms with van der Waals surface area (Å²) >= 11 is 6.73. The first-order valence-electron chi connectivity index (χ1n) is 3.27. The zero-order valence-electron chi connectivity index (χ0n) is 6.33. The molecule has 0 aromatic carbocycles. The molecule has 66 valence electrons. The van der Waals surface area contributed by atoms with Crippen LogP contribution in [0.5, 0.6) is 0 Å². The molecule has 0 atom stereocenters. The second-order valence-corrected chi connectivity index (χ2v) is 2.87. The van der Waals surface area contributed by atoms with Crippen LogP contribution in [0.3, 0.4) is 0 Å².